The van der Waals surface area contributed by atoms with Gasteiger partial charge in [0.1, 0.15) is 0 Å². The summed E-state index contributed by atoms with van der Waals surface area (Å²) in [7, 11) is 1.95. The third-order valence-corrected chi connectivity index (χ3v) is 3.33. The minimum Gasteiger partial charge on any atom is -0.336 e. The monoisotopic (exact) mass is 253 g/mol. The van der Waals surface area contributed by atoms with E-state index in [0.717, 1.165) is 22.0 Å². The van der Waals surface area contributed by atoms with Gasteiger partial charge in [0.15, 0.2) is 0 Å². The number of rotatable bonds is 3. The lowest BCUT2D eigenvalue weighted by atomic mass is 10.00. The molecule has 0 saturated heterocycles. The summed E-state index contributed by atoms with van der Waals surface area (Å²) >= 11 is 0. The van der Waals surface area contributed by atoms with Gasteiger partial charge in [-0.1, -0.05) is 24.3 Å². The minimum atomic E-state index is -0.133. The predicted molar refractivity (Wildman–Crippen MR) is 74.1 cm³/mol. The summed E-state index contributed by atoms with van der Waals surface area (Å²) in [5.41, 5.74) is 4.90. The van der Waals surface area contributed by atoms with Gasteiger partial charge in [0.05, 0.1) is 24.3 Å². The van der Waals surface area contributed by atoms with Crippen molar-refractivity contribution in [2.45, 2.75) is 6.04 Å². The fourth-order valence-corrected chi connectivity index (χ4v) is 2.35. The van der Waals surface area contributed by atoms with Crippen molar-refractivity contribution in [2.24, 2.45) is 12.9 Å². The van der Waals surface area contributed by atoms with Crippen LogP contribution < -0.4 is 11.3 Å². The number of nitrogens with two attached hydrogens (primary N) is 1. The van der Waals surface area contributed by atoms with Gasteiger partial charge in [0, 0.05) is 30.4 Å². The van der Waals surface area contributed by atoms with E-state index in [0.29, 0.717) is 0 Å². The molecule has 96 valence electrons. The number of hydrogen-bond acceptors (Lipinski definition) is 4. The van der Waals surface area contributed by atoms with Crippen molar-refractivity contribution in [1.29, 1.82) is 0 Å². The van der Waals surface area contributed by atoms with E-state index in [1.165, 1.54) is 0 Å². The Morgan fingerprint density at radius 2 is 2.00 bits per heavy atom. The quantitative estimate of drug-likeness (QED) is 0.548. The second-order valence-corrected chi connectivity index (χ2v) is 4.48. The molecule has 0 bridgehead atoms. The number of imidazole rings is 1. The highest BCUT2D eigenvalue weighted by Crippen LogP contribution is 2.27. The van der Waals surface area contributed by atoms with Gasteiger partial charge in [-0.15, -0.1) is 0 Å². The summed E-state index contributed by atoms with van der Waals surface area (Å²) in [5.74, 6) is 5.74. The van der Waals surface area contributed by atoms with Crippen LogP contribution in [-0.4, -0.2) is 14.5 Å². The smallest absolute Gasteiger partial charge is 0.0946 e. The summed E-state index contributed by atoms with van der Waals surface area (Å²) in [6, 6.07) is 8.01. The van der Waals surface area contributed by atoms with E-state index in [1.54, 1.807) is 6.33 Å². The lowest BCUT2D eigenvalue weighted by molar-refractivity contribution is 0.599. The molecule has 0 amide bonds. The molecule has 3 rings (SSSR count). The van der Waals surface area contributed by atoms with Crippen molar-refractivity contribution >= 4 is 10.8 Å². The highest BCUT2D eigenvalue weighted by molar-refractivity contribution is 5.85. The maximum absolute atomic E-state index is 5.74. The van der Waals surface area contributed by atoms with Crippen molar-refractivity contribution in [3.05, 3.63) is 60.4 Å². The lowest BCUT2D eigenvalue weighted by Crippen LogP contribution is -2.30. The number of nitrogens with zero attached hydrogens (tertiary/aromatic N) is 3. The van der Waals surface area contributed by atoms with Crippen LogP contribution in [0, 0.1) is 0 Å². The van der Waals surface area contributed by atoms with Crippen molar-refractivity contribution in [1.82, 2.24) is 20.0 Å². The number of benzene rings is 1. The SMILES string of the molecule is Cn1cncc1C(NN)c1cncc2ccccc12. The van der Waals surface area contributed by atoms with Gasteiger partial charge in [0.2, 0.25) is 0 Å². The predicted octanol–water partition coefficient (Wildman–Crippen LogP) is 1.52. The molecule has 0 aliphatic heterocycles. The Morgan fingerprint density at radius 3 is 2.74 bits per heavy atom. The summed E-state index contributed by atoms with van der Waals surface area (Å²) < 4.78 is 1.95. The molecule has 3 N–H and O–H groups in total. The molecule has 3 aromatic rings. The first kappa shape index (κ1) is 11.8. The Labute approximate surface area is 111 Å². The fraction of sp³-hybridized carbons (Fsp3) is 0.143. The summed E-state index contributed by atoms with van der Waals surface area (Å²) in [4.78, 5) is 8.44. The third-order valence-electron chi connectivity index (χ3n) is 3.33. The van der Waals surface area contributed by atoms with E-state index in [-0.39, 0.29) is 6.04 Å². The first-order valence-corrected chi connectivity index (χ1v) is 6.06. The molecule has 1 aromatic carbocycles. The number of hydrazine groups is 1. The summed E-state index contributed by atoms with van der Waals surface area (Å²) in [5, 5.41) is 2.24. The fourth-order valence-electron chi connectivity index (χ4n) is 2.35. The van der Waals surface area contributed by atoms with Crippen LogP contribution >= 0.6 is 0 Å². The van der Waals surface area contributed by atoms with Crippen LogP contribution in [0.15, 0.2) is 49.2 Å². The van der Waals surface area contributed by atoms with Gasteiger partial charge in [-0.3, -0.25) is 10.8 Å². The third kappa shape index (κ3) is 1.99. The topological polar surface area (TPSA) is 68.8 Å². The first-order valence-electron chi connectivity index (χ1n) is 6.06. The highest BCUT2D eigenvalue weighted by atomic mass is 15.2. The van der Waals surface area contributed by atoms with Crippen molar-refractivity contribution in [3.63, 3.8) is 0 Å². The van der Waals surface area contributed by atoms with E-state index >= 15 is 0 Å². The lowest BCUT2D eigenvalue weighted by Gasteiger charge is -2.18. The molecule has 2 aromatic heterocycles. The number of aryl methyl sites for hydroxylation is 1. The molecule has 5 heteroatoms. The molecular weight excluding hydrogens is 238 g/mol. The maximum Gasteiger partial charge on any atom is 0.0946 e. The Kier molecular flexibility index (Phi) is 2.98. The van der Waals surface area contributed by atoms with Crippen LogP contribution in [0.2, 0.25) is 0 Å². The van der Waals surface area contributed by atoms with Crippen LogP contribution in [0.3, 0.4) is 0 Å². The Hall–Kier alpha value is -2.24. The Balaban J connectivity index is 2.20. The number of pyridine rings is 1. The second kappa shape index (κ2) is 4.79. The second-order valence-electron chi connectivity index (χ2n) is 4.48. The normalized spacial score (nSPS) is 12.7. The van der Waals surface area contributed by atoms with Crippen LogP contribution in [-0.2, 0) is 7.05 Å². The Morgan fingerprint density at radius 1 is 1.16 bits per heavy atom. The van der Waals surface area contributed by atoms with Crippen molar-refractivity contribution in [3.8, 4) is 0 Å². The molecule has 2 heterocycles. The molecule has 19 heavy (non-hydrogen) atoms. The minimum absolute atomic E-state index is 0.133. The van der Waals surface area contributed by atoms with E-state index in [9.17, 15) is 0 Å². The molecule has 0 aliphatic carbocycles. The van der Waals surface area contributed by atoms with Crippen LogP contribution in [0.1, 0.15) is 17.3 Å². The van der Waals surface area contributed by atoms with Gasteiger partial charge in [-0.25, -0.2) is 10.4 Å². The number of nitrogens with one attached hydrogen (secondary N) is 1. The van der Waals surface area contributed by atoms with Crippen LogP contribution in [0.25, 0.3) is 10.8 Å². The molecule has 1 unspecified atom stereocenters. The molecule has 1 atom stereocenters. The molecule has 0 saturated carbocycles. The first-order chi connectivity index (χ1) is 9.31. The zero-order valence-electron chi connectivity index (χ0n) is 10.6. The number of aromatic nitrogens is 3. The largest absolute Gasteiger partial charge is 0.336 e. The van der Waals surface area contributed by atoms with Gasteiger partial charge in [-0.05, 0) is 5.39 Å². The number of fused-ring (bicyclic) bond motifs is 1. The maximum atomic E-state index is 5.74. The molecular formula is C14H15N5. The highest BCUT2D eigenvalue weighted by Gasteiger charge is 2.18. The molecule has 0 aliphatic rings. The van der Waals surface area contributed by atoms with E-state index in [1.807, 2.05) is 48.4 Å². The van der Waals surface area contributed by atoms with Crippen LogP contribution in [0.4, 0.5) is 0 Å². The zero-order chi connectivity index (χ0) is 13.2. The van der Waals surface area contributed by atoms with Gasteiger partial charge >= 0.3 is 0 Å². The Bertz CT molecular complexity index is 698. The average molecular weight is 253 g/mol. The molecule has 5 nitrogen and oxygen atoms in total. The summed E-state index contributed by atoms with van der Waals surface area (Å²) in [6.07, 6.45) is 7.28. The molecule has 0 radical (unpaired) electrons. The van der Waals surface area contributed by atoms with E-state index in [2.05, 4.69) is 21.5 Å². The van der Waals surface area contributed by atoms with Gasteiger partial charge in [0.25, 0.3) is 0 Å². The van der Waals surface area contributed by atoms with Crippen molar-refractivity contribution in [2.75, 3.05) is 0 Å². The van der Waals surface area contributed by atoms with Gasteiger partial charge in [-0.2, -0.15) is 0 Å². The van der Waals surface area contributed by atoms with Gasteiger partial charge < -0.3 is 4.57 Å². The standard InChI is InChI=1S/C14H15N5/c1-19-9-17-8-13(19)14(18-15)12-7-16-6-10-4-2-3-5-11(10)12/h2-9,14,18H,15H2,1H3. The average Bonchev–Trinajstić information content (AvgIpc) is 2.86. The number of hydrogen-bond donors (Lipinski definition) is 2. The molecule has 0 fully saturated rings. The van der Waals surface area contributed by atoms with E-state index in [4.69, 9.17) is 5.84 Å². The van der Waals surface area contributed by atoms with E-state index < -0.39 is 0 Å². The zero-order valence-corrected chi connectivity index (χ0v) is 10.6. The summed E-state index contributed by atoms with van der Waals surface area (Å²) in [6.45, 7) is 0. The van der Waals surface area contributed by atoms with Crippen LogP contribution in [0.5, 0.6) is 0 Å². The molecule has 0 spiro atoms. The van der Waals surface area contributed by atoms with Crippen molar-refractivity contribution < 1.29 is 0 Å².